The van der Waals surface area contributed by atoms with Crippen LogP contribution in [0.25, 0.3) is 0 Å². The molecule has 0 radical (unpaired) electrons. The molecule has 2 aliphatic rings. The number of rotatable bonds is 0. The van der Waals surface area contributed by atoms with E-state index in [1.807, 2.05) is 7.05 Å². The monoisotopic (exact) mass is 198 g/mol. The maximum Gasteiger partial charge on any atom is 0.168 e. The van der Waals surface area contributed by atoms with Crippen molar-refractivity contribution in [1.82, 2.24) is 10.2 Å². The molecule has 1 heterocycles. The third kappa shape index (κ3) is 1.80. The average Bonchev–Trinajstić information content (AvgIpc) is 2.59. The van der Waals surface area contributed by atoms with Gasteiger partial charge in [0.15, 0.2) is 5.11 Å². The Balaban J connectivity index is 1.94. The molecule has 2 nitrogen and oxygen atoms in total. The normalized spacial score (nSPS) is 32.8. The lowest BCUT2D eigenvalue weighted by Gasteiger charge is -2.22. The molecule has 0 unspecified atom stereocenters. The van der Waals surface area contributed by atoms with Crippen molar-refractivity contribution in [2.45, 2.75) is 25.7 Å². The van der Waals surface area contributed by atoms with Crippen LogP contribution in [0.5, 0.6) is 0 Å². The second-order valence-corrected chi connectivity index (χ2v) is 4.65. The lowest BCUT2D eigenvalue weighted by Crippen LogP contribution is -2.36. The fourth-order valence-corrected chi connectivity index (χ4v) is 2.88. The Morgan fingerprint density at radius 2 is 1.77 bits per heavy atom. The van der Waals surface area contributed by atoms with Gasteiger partial charge < -0.3 is 10.2 Å². The molecule has 1 N–H and O–H groups in total. The molecule has 1 aliphatic heterocycles. The summed E-state index contributed by atoms with van der Waals surface area (Å²) in [6.07, 6.45) is 5.71. The lowest BCUT2D eigenvalue weighted by atomic mass is 9.82. The molecule has 2 rings (SSSR count). The molecule has 0 amide bonds. The van der Waals surface area contributed by atoms with Gasteiger partial charge in [-0.05, 0) is 36.9 Å². The summed E-state index contributed by atoms with van der Waals surface area (Å²) in [7, 11) is 1.92. The van der Waals surface area contributed by atoms with Crippen LogP contribution >= 0.6 is 12.2 Å². The molecule has 0 bridgehead atoms. The van der Waals surface area contributed by atoms with Gasteiger partial charge in [0.05, 0.1) is 0 Å². The first-order valence-corrected chi connectivity index (χ1v) is 5.68. The van der Waals surface area contributed by atoms with Crippen LogP contribution in [0, 0.1) is 11.8 Å². The van der Waals surface area contributed by atoms with Crippen LogP contribution in [-0.4, -0.2) is 30.1 Å². The quantitative estimate of drug-likeness (QED) is 0.595. The zero-order valence-electron chi connectivity index (χ0n) is 8.25. The highest BCUT2D eigenvalue weighted by Gasteiger charge is 2.34. The number of thiocarbonyl (C=S) groups is 1. The van der Waals surface area contributed by atoms with Gasteiger partial charge in [0, 0.05) is 20.1 Å². The van der Waals surface area contributed by atoms with Gasteiger partial charge in [-0.15, -0.1) is 0 Å². The van der Waals surface area contributed by atoms with Crippen molar-refractivity contribution in [3.05, 3.63) is 0 Å². The SMILES string of the molecule is CNC(=S)N1C[C@H]2CCCC[C@H]2C1. The Bertz CT molecular complexity index is 191. The number of fused-ring (bicyclic) bond motifs is 1. The van der Waals surface area contributed by atoms with Crippen LogP contribution in [-0.2, 0) is 0 Å². The van der Waals surface area contributed by atoms with E-state index in [4.69, 9.17) is 12.2 Å². The Kier molecular flexibility index (Phi) is 2.72. The van der Waals surface area contributed by atoms with Gasteiger partial charge >= 0.3 is 0 Å². The van der Waals surface area contributed by atoms with E-state index >= 15 is 0 Å². The lowest BCUT2D eigenvalue weighted by molar-refractivity contribution is 0.299. The minimum atomic E-state index is 0.931. The van der Waals surface area contributed by atoms with E-state index in [0.717, 1.165) is 16.9 Å². The van der Waals surface area contributed by atoms with Crippen molar-refractivity contribution < 1.29 is 0 Å². The Labute approximate surface area is 85.7 Å². The summed E-state index contributed by atoms with van der Waals surface area (Å²) >= 11 is 5.25. The fourth-order valence-electron chi connectivity index (χ4n) is 2.73. The van der Waals surface area contributed by atoms with E-state index in [-0.39, 0.29) is 0 Å². The minimum Gasteiger partial charge on any atom is -0.366 e. The van der Waals surface area contributed by atoms with Gasteiger partial charge in [-0.25, -0.2) is 0 Å². The highest BCUT2D eigenvalue weighted by molar-refractivity contribution is 7.80. The molecule has 0 aromatic heterocycles. The standard InChI is InChI=1S/C10H18N2S/c1-11-10(13)12-6-8-4-2-3-5-9(8)7-12/h8-9H,2-7H2,1H3,(H,11,13)/t8-,9+. The van der Waals surface area contributed by atoms with E-state index in [9.17, 15) is 0 Å². The van der Waals surface area contributed by atoms with Gasteiger partial charge in [0.25, 0.3) is 0 Å². The minimum absolute atomic E-state index is 0.931. The summed E-state index contributed by atoms with van der Waals surface area (Å²) in [6.45, 7) is 2.40. The Morgan fingerprint density at radius 1 is 1.23 bits per heavy atom. The number of nitrogens with zero attached hydrogens (tertiary/aromatic N) is 1. The molecule has 0 aromatic carbocycles. The number of hydrogen-bond donors (Lipinski definition) is 1. The highest BCUT2D eigenvalue weighted by atomic mass is 32.1. The third-order valence-electron chi connectivity index (χ3n) is 3.48. The number of likely N-dealkylation sites (tertiary alicyclic amines) is 1. The van der Waals surface area contributed by atoms with Crippen LogP contribution in [0.1, 0.15) is 25.7 Å². The largest absolute Gasteiger partial charge is 0.366 e. The Hall–Kier alpha value is -0.310. The van der Waals surface area contributed by atoms with Gasteiger partial charge in [0.1, 0.15) is 0 Å². The van der Waals surface area contributed by atoms with E-state index in [1.54, 1.807) is 0 Å². The molecule has 2 fully saturated rings. The van der Waals surface area contributed by atoms with E-state index in [1.165, 1.54) is 38.8 Å². The zero-order valence-corrected chi connectivity index (χ0v) is 9.07. The van der Waals surface area contributed by atoms with E-state index < -0.39 is 0 Å². The molecular weight excluding hydrogens is 180 g/mol. The third-order valence-corrected chi connectivity index (χ3v) is 3.94. The number of hydrogen-bond acceptors (Lipinski definition) is 1. The summed E-state index contributed by atoms with van der Waals surface area (Å²) in [4.78, 5) is 2.34. The summed E-state index contributed by atoms with van der Waals surface area (Å²) in [5.41, 5.74) is 0. The zero-order chi connectivity index (χ0) is 9.26. The fraction of sp³-hybridized carbons (Fsp3) is 0.900. The first-order chi connectivity index (χ1) is 6.31. The number of nitrogens with one attached hydrogen (secondary N) is 1. The van der Waals surface area contributed by atoms with Crippen LogP contribution in [0.4, 0.5) is 0 Å². The van der Waals surface area contributed by atoms with Crippen molar-refractivity contribution >= 4 is 17.3 Å². The predicted octanol–water partition coefficient (Wildman–Crippen LogP) is 1.61. The topological polar surface area (TPSA) is 15.3 Å². The van der Waals surface area contributed by atoms with Crippen molar-refractivity contribution in [3.63, 3.8) is 0 Å². The van der Waals surface area contributed by atoms with Crippen LogP contribution < -0.4 is 5.32 Å². The molecule has 0 aromatic rings. The molecule has 1 saturated heterocycles. The summed E-state index contributed by atoms with van der Waals surface area (Å²) in [5, 5.41) is 4.01. The Morgan fingerprint density at radius 3 is 2.23 bits per heavy atom. The van der Waals surface area contributed by atoms with Crippen molar-refractivity contribution in [1.29, 1.82) is 0 Å². The average molecular weight is 198 g/mol. The van der Waals surface area contributed by atoms with E-state index in [0.29, 0.717) is 0 Å². The van der Waals surface area contributed by atoms with E-state index in [2.05, 4.69) is 10.2 Å². The molecule has 2 atom stereocenters. The second-order valence-electron chi connectivity index (χ2n) is 4.26. The van der Waals surface area contributed by atoms with Gasteiger partial charge in [-0.1, -0.05) is 12.8 Å². The van der Waals surface area contributed by atoms with Crippen molar-refractivity contribution in [2.24, 2.45) is 11.8 Å². The van der Waals surface area contributed by atoms with Crippen LogP contribution in [0.3, 0.4) is 0 Å². The first-order valence-electron chi connectivity index (χ1n) is 5.28. The van der Waals surface area contributed by atoms with Gasteiger partial charge in [-0.2, -0.15) is 0 Å². The van der Waals surface area contributed by atoms with Crippen LogP contribution in [0.2, 0.25) is 0 Å². The summed E-state index contributed by atoms with van der Waals surface area (Å²) in [5.74, 6) is 1.86. The second kappa shape index (κ2) is 3.82. The first kappa shape index (κ1) is 9.25. The molecule has 13 heavy (non-hydrogen) atoms. The molecular formula is C10H18N2S. The molecule has 74 valence electrons. The molecule has 1 aliphatic carbocycles. The predicted molar refractivity (Wildman–Crippen MR) is 58.7 cm³/mol. The van der Waals surface area contributed by atoms with Crippen LogP contribution in [0.15, 0.2) is 0 Å². The summed E-state index contributed by atoms with van der Waals surface area (Å²) < 4.78 is 0. The van der Waals surface area contributed by atoms with Crippen molar-refractivity contribution in [3.8, 4) is 0 Å². The molecule has 3 heteroatoms. The molecule has 0 spiro atoms. The summed E-state index contributed by atoms with van der Waals surface area (Å²) in [6, 6.07) is 0. The highest BCUT2D eigenvalue weighted by Crippen LogP contribution is 2.35. The molecule has 1 saturated carbocycles. The van der Waals surface area contributed by atoms with Gasteiger partial charge in [0.2, 0.25) is 0 Å². The van der Waals surface area contributed by atoms with Gasteiger partial charge in [-0.3, -0.25) is 0 Å². The maximum atomic E-state index is 5.25. The van der Waals surface area contributed by atoms with Crippen molar-refractivity contribution in [2.75, 3.05) is 20.1 Å². The smallest absolute Gasteiger partial charge is 0.168 e. The maximum absolute atomic E-state index is 5.25.